The highest BCUT2D eigenvalue weighted by atomic mass is 16.6. The van der Waals surface area contributed by atoms with E-state index in [9.17, 15) is 14.4 Å². The van der Waals surface area contributed by atoms with E-state index < -0.39 is 6.10 Å². The van der Waals surface area contributed by atoms with Crippen LogP contribution in [0.15, 0.2) is 60.8 Å². The lowest BCUT2D eigenvalue weighted by Gasteiger charge is -2.18. The number of rotatable bonds is 40. The first kappa shape index (κ1) is 52.1. The third kappa shape index (κ3) is 42.1. The van der Waals surface area contributed by atoms with Crippen LogP contribution >= 0.6 is 0 Å². The number of carbonyl (C=O) groups is 3. The van der Waals surface area contributed by atoms with Gasteiger partial charge in [0.2, 0.25) is 0 Å². The zero-order valence-corrected chi connectivity index (χ0v) is 35.9. The summed E-state index contributed by atoms with van der Waals surface area (Å²) in [5, 5.41) is 0. The van der Waals surface area contributed by atoms with Crippen LogP contribution in [0.5, 0.6) is 0 Å². The van der Waals surface area contributed by atoms with Gasteiger partial charge >= 0.3 is 17.9 Å². The Bertz CT molecular complexity index is 1020. The topological polar surface area (TPSA) is 78.9 Å². The molecular formula is C49H84O6. The quantitative estimate of drug-likeness (QED) is 0.0203. The van der Waals surface area contributed by atoms with Crippen LogP contribution < -0.4 is 0 Å². The summed E-state index contributed by atoms with van der Waals surface area (Å²) in [6.07, 6.45) is 52.2. The summed E-state index contributed by atoms with van der Waals surface area (Å²) in [6.45, 7) is 6.39. The lowest BCUT2D eigenvalue weighted by atomic mass is 10.1. The molecule has 0 aromatic heterocycles. The van der Waals surface area contributed by atoms with Gasteiger partial charge in [0.25, 0.3) is 0 Å². The molecule has 0 fully saturated rings. The summed E-state index contributed by atoms with van der Waals surface area (Å²) >= 11 is 0. The Morgan fingerprint density at radius 1 is 0.400 bits per heavy atom. The molecule has 0 bridgehead atoms. The van der Waals surface area contributed by atoms with Crippen molar-refractivity contribution < 1.29 is 28.6 Å². The van der Waals surface area contributed by atoms with Crippen LogP contribution in [0.3, 0.4) is 0 Å². The molecule has 0 aromatic carbocycles. The molecule has 1 atom stereocenters. The smallest absolute Gasteiger partial charge is 0.306 e. The van der Waals surface area contributed by atoms with Crippen molar-refractivity contribution in [2.24, 2.45) is 0 Å². The number of unbranched alkanes of at least 4 members (excludes halogenated alkanes) is 20. The molecule has 0 heterocycles. The Labute approximate surface area is 339 Å². The predicted octanol–water partition coefficient (Wildman–Crippen LogP) is 14.5. The molecule has 0 N–H and O–H groups in total. The third-order valence-electron chi connectivity index (χ3n) is 9.50. The number of hydrogen-bond donors (Lipinski definition) is 0. The number of allylic oxidation sites excluding steroid dienone is 10. The highest BCUT2D eigenvalue weighted by molar-refractivity contribution is 5.71. The minimum absolute atomic E-state index is 0.0979. The summed E-state index contributed by atoms with van der Waals surface area (Å²) in [7, 11) is 0. The van der Waals surface area contributed by atoms with Crippen LogP contribution in [-0.4, -0.2) is 37.2 Å². The maximum absolute atomic E-state index is 12.7. The maximum atomic E-state index is 12.7. The molecule has 0 rings (SSSR count). The SMILES string of the molecule is CC/C=C\C/C=C\CCCCC(=O)OCC(COC(=O)CCCCCCC/C=C\C=C/CCCCCCCCC)OC(=O)CCCCCC/C=C\CCCC. The molecule has 0 aliphatic rings. The monoisotopic (exact) mass is 769 g/mol. The molecule has 0 aromatic rings. The first-order valence-electron chi connectivity index (χ1n) is 22.8. The average Bonchev–Trinajstić information content (AvgIpc) is 3.18. The van der Waals surface area contributed by atoms with Gasteiger partial charge in [-0.05, 0) is 89.9 Å². The lowest BCUT2D eigenvalue weighted by molar-refractivity contribution is -0.167. The van der Waals surface area contributed by atoms with E-state index in [0.717, 1.165) is 109 Å². The standard InChI is InChI=1S/C49H84O6/c1-4-7-10-13-16-19-21-22-23-24-25-26-27-28-31-33-36-39-42-48(51)54-45-46(44-53-47(50)41-38-35-32-29-18-15-12-9-6-3)55-49(52)43-40-37-34-30-20-17-14-11-8-5-2/h9,12,14,17-18,23-26,29,46H,4-8,10-11,13,15-16,19-22,27-28,30-45H2,1-3H3/b12-9-,17-14-,24-23-,26-25-,29-18-. The number of hydrogen-bond acceptors (Lipinski definition) is 6. The largest absolute Gasteiger partial charge is 0.462 e. The number of ether oxygens (including phenoxy) is 3. The van der Waals surface area contributed by atoms with Gasteiger partial charge in [-0.3, -0.25) is 14.4 Å². The molecule has 6 heteroatoms. The van der Waals surface area contributed by atoms with Crippen molar-refractivity contribution in [3.63, 3.8) is 0 Å². The van der Waals surface area contributed by atoms with Gasteiger partial charge in [0.15, 0.2) is 6.10 Å². The van der Waals surface area contributed by atoms with Gasteiger partial charge in [0.1, 0.15) is 13.2 Å². The highest BCUT2D eigenvalue weighted by Gasteiger charge is 2.19. The Morgan fingerprint density at radius 2 is 0.782 bits per heavy atom. The fraction of sp³-hybridized carbons (Fsp3) is 0.735. The molecule has 0 spiro atoms. The van der Waals surface area contributed by atoms with Crippen LogP contribution in [0.1, 0.15) is 213 Å². The van der Waals surface area contributed by atoms with Crippen molar-refractivity contribution >= 4 is 17.9 Å². The summed E-state index contributed by atoms with van der Waals surface area (Å²) < 4.78 is 16.6. The molecule has 0 saturated carbocycles. The molecule has 6 nitrogen and oxygen atoms in total. The minimum atomic E-state index is -0.795. The number of esters is 3. The van der Waals surface area contributed by atoms with Crippen LogP contribution in [0.2, 0.25) is 0 Å². The fourth-order valence-electron chi connectivity index (χ4n) is 6.04. The van der Waals surface area contributed by atoms with Crippen LogP contribution in [0, 0.1) is 0 Å². The van der Waals surface area contributed by atoms with Crippen molar-refractivity contribution in [1.82, 2.24) is 0 Å². The van der Waals surface area contributed by atoms with Gasteiger partial charge in [-0.15, -0.1) is 0 Å². The molecule has 1 unspecified atom stereocenters. The zero-order valence-electron chi connectivity index (χ0n) is 35.9. The van der Waals surface area contributed by atoms with Gasteiger partial charge in [-0.1, -0.05) is 165 Å². The molecule has 0 aliphatic carbocycles. The van der Waals surface area contributed by atoms with Crippen LogP contribution in [0.25, 0.3) is 0 Å². The van der Waals surface area contributed by atoms with E-state index in [1.54, 1.807) is 0 Å². The Hall–Kier alpha value is -2.89. The third-order valence-corrected chi connectivity index (χ3v) is 9.50. The fourth-order valence-corrected chi connectivity index (χ4v) is 6.04. The summed E-state index contributed by atoms with van der Waals surface area (Å²) in [6, 6.07) is 0. The second kappa shape index (κ2) is 43.8. The average molecular weight is 769 g/mol. The predicted molar refractivity (Wildman–Crippen MR) is 233 cm³/mol. The van der Waals surface area contributed by atoms with Crippen molar-refractivity contribution in [3.8, 4) is 0 Å². The van der Waals surface area contributed by atoms with E-state index in [1.165, 1.54) is 64.2 Å². The van der Waals surface area contributed by atoms with E-state index in [1.807, 2.05) is 0 Å². The minimum Gasteiger partial charge on any atom is -0.462 e. The molecule has 0 radical (unpaired) electrons. The van der Waals surface area contributed by atoms with Crippen LogP contribution in [0.4, 0.5) is 0 Å². The first-order valence-corrected chi connectivity index (χ1v) is 22.8. The van der Waals surface area contributed by atoms with E-state index in [-0.39, 0.29) is 31.1 Å². The van der Waals surface area contributed by atoms with Crippen molar-refractivity contribution in [2.75, 3.05) is 13.2 Å². The highest BCUT2D eigenvalue weighted by Crippen LogP contribution is 2.12. The Kier molecular flexibility index (Phi) is 41.5. The van der Waals surface area contributed by atoms with E-state index in [2.05, 4.69) is 81.5 Å². The van der Waals surface area contributed by atoms with E-state index >= 15 is 0 Å². The van der Waals surface area contributed by atoms with E-state index in [0.29, 0.717) is 19.3 Å². The van der Waals surface area contributed by atoms with Crippen molar-refractivity contribution in [1.29, 1.82) is 0 Å². The van der Waals surface area contributed by atoms with Gasteiger partial charge in [0.05, 0.1) is 0 Å². The summed E-state index contributed by atoms with van der Waals surface area (Å²) in [5.74, 6) is -0.969. The van der Waals surface area contributed by atoms with Gasteiger partial charge < -0.3 is 14.2 Å². The normalized spacial score (nSPS) is 12.6. The first-order chi connectivity index (χ1) is 27.0. The lowest BCUT2D eigenvalue weighted by Crippen LogP contribution is -2.30. The van der Waals surface area contributed by atoms with E-state index in [4.69, 9.17) is 14.2 Å². The van der Waals surface area contributed by atoms with Crippen molar-refractivity contribution in [3.05, 3.63) is 60.8 Å². The van der Waals surface area contributed by atoms with Crippen molar-refractivity contribution in [2.45, 2.75) is 219 Å². The molecular weight excluding hydrogens is 685 g/mol. The van der Waals surface area contributed by atoms with Gasteiger partial charge in [-0.2, -0.15) is 0 Å². The van der Waals surface area contributed by atoms with Gasteiger partial charge in [-0.25, -0.2) is 0 Å². The molecule has 0 aliphatic heterocycles. The van der Waals surface area contributed by atoms with Gasteiger partial charge in [0, 0.05) is 19.3 Å². The molecule has 55 heavy (non-hydrogen) atoms. The Balaban J connectivity index is 4.36. The maximum Gasteiger partial charge on any atom is 0.306 e. The second-order valence-electron chi connectivity index (χ2n) is 14.9. The summed E-state index contributed by atoms with van der Waals surface area (Å²) in [5.41, 5.74) is 0. The summed E-state index contributed by atoms with van der Waals surface area (Å²) in [4.78, 5) is 37.6. The second-order valence-corrected chi connectivity index (χ2v) is 14.9. The Morgan fingerprint density at radius 3 is 1.31 bits per heavy atom. The molecule has 0 amide bonds. The zero-order chi connectivity index (χ0) is 40.1. The number of carbonyl (C=O) groups excluding carboxylic acids is 3. The van der Waals surface area contributed by atoms with Crippen LogP contribution in [-0.2, 0) is 28.6 Å². The molecule has 316 valence electrons. The molecule has 0 saturated heterocycles.